The van der Waals surface area contributed by atoms with E-state index >= 15 is 0 Å². The van der Waals surface area contributed by atoms with E-state index in [1.807, 2.05) is 24.1 Å². The van der Waals surface area contributed by atoms with Gasteiger partial charge in [-0.25, -0.2) is 0 Å². The van der Waals surface area contributed by atoms with Gasteiger partial charge in [-0.05, 0) is 37.4 Å². The Morgan fingerprint density at radius 1 is 1.00 bits per heavy atom. The first-order chi connectivity index (χ1) is 12.1. The highest BCUT2D eigenvalue weighted by Crippen LogP contribution is 2.22. The van der Waals surface area contributed by atoms with E-state index in [2.05, 4.69) is 0 Å². The molecule has 2 aromatic rings. The van der Waals surface area contributed by atoms with Gasteiger partial charge in [-0.3, -0.25) is 14.5 Å². The normalized spacial score (nSPS) is 13.5. The van der Waals surface area contributed by atoms with Crippen molar-refractivity contribution in [1.29, 1.82) is 0 Å². The number of nitrogens with zero attached hydrogens (tertiary/aromatic N) is 2. The summed E-state index contributed by atoms with van der Waals surface area (Å²) >= 11 is 5.91. The van der Waals surface area contributed by atoms with Gasteiger partial charge in [0.05, 0.1) is 11.1 Å². The van der Waals surface area contributed by atoms with Crippen molar-refractivity contribution >= 4 is 23.4 Å². The van der Waals surface area contributed by atoms with Gasteiger partial charge in [0, 0.05) is 24.7 Å². The topological polar surface area (TPSA) is 49.9 Å². The predicted octanol–water partition coefficient (Wildman–Crippen LogP) is 2.95. The van der Waals surface area contributed by atoms with Gasteiger partial charge in [-0.2, -0.15) is 0 Å². The van der Waals surface area contributed by atoms with Gasteiger partial charge in [0.15, 0.2) is 0 Å². The van der Waals surface area contributed by atoms with Crippen molar-refractivity contribution in [2.75, 3.05) is 33.3 Å². The van der Waals surface area contributed by atoms with Crippen LogP contribution >= 0.6 is 11.6 Å². The molecule has 0 spiro atoms. The van der Waals surface area contributed by atoms with E-state index < -0.39 is 0 Å². The molecular weight excluding hydrogens is 340 g/mol. The average Bonchev–Trinajstić information content (AvgIpc) is 2.85. The van der Waals surface area contributed by atoms with E-state index in [4.69, 9.17) is 16.3 Å². The third-order valence-electron chi connectivity index (χ3n) is 4.12. The molecule has 0 unspecified atom stereocenters. The molecule has 3 rings (SSSR count). The second kappa shape index (κ2) is 7.68. The lowest BCUT2D eigenvalue weighted by Gasteiger charge is -2.20. The molecule has 5 nitrogen and oxygen atoms in total. The zero-order valence-electron chi connectivity index (χ0n) is 13.9. The Morgan fingerprint density at radius 3 is 2.32 bits per heavy atom. The van der Waals surface area contributed by atoms with E-state index in [9.17, 15) is 9.59 Å². The molecule has 0 atom stereocenters. The van der Waals surface area contributed by atoms with Gasteiger partial charge >= 0.3 is 0 Å². The van der Waals surface area contributed by atoms with Crippen LogP contribution in [0.3, 0.4) is 0 Å². The molecule has 6 heteroatoms. The van der Waals surface area contributed by atoms with Gasteiger partial charge in [0.25, 0.3) is 11.8 Å². The highest BCUT2D eigenvalue weighted by atomic mass is 35.5. The van der Waals surface area contributed by atoms with E-state index in [1.54, 1.807) is 36.4 Å². The lowest BCUT2D eigenvalue weighted by Crippen LogP contribution is -2.38. The molecule has 0 bridgehead atoms. The second-order valence-corrected chi connectivity index (χ2v) is 6.35. The van der Waals surface area contributed by atoms with Crippen molar-refractivity contribution in [2.45, 2.75) is 0 Å². The number of hydrogen-bond donors (Lipinski definition) is 0. The Labute approximate surface area is 151 Å². The van der Waals surface area contributed by atoms with Crippen LogP contribution < -0.4 is 4.74 Å². The number of carbonyl (C=O) groups is 2. The lowest BCUT2D eigenvalue weighted by atomic mass is 10.1. The number of fused-ring (bicyclic) bond motifs is 1. The zero-order valence-corrected chi connectivity index (χ0v) is 14.7. The monoisotopic (exact) mass is 358 g/mol. The highest BCUT2D eigenvalue weighted by molar-refractivity contribution is 6.30. The van der Waals surface area contributed by atoms with Crippen LogP contribution in [-0.2, 0) is 0 Å². The summed E-state index contributed by atoms with van der Waals surface area (Å²) in [5.41, 5.74) is 0.971. The number of imide groups is 1. The van der Waals surface area contributed by atoms with Crippen LogP contribution in [0.15, 0.2) is 48.5 Å². The highest BCUT2D eigenvalue weighted by Gasteiger charge is 2.34. The summed E-state index contributed by atoms with van der Waals surface area (Å²) in [6.07, 6.45) is 0. The van der Waals surface area contributed by atoms with Crippen molar-refractivity contribution in [3.63, 3.8) is 0 Å². The number of ether oxygens (including phenoxy) is 1. The molecule has 1 aliphatic rings. The molecule has 0 saturated heterocycles. The molecule has 130 valence electrons. The minimum atomic E-state index is -0.218. The van der Waals surface area contributed by atoms with Crippen molar-refractivity contribution in [2.24, 2.45) is 0 Å². The van der Waals surface area contributed by atoms with E-state index in [1.165, 1.54) is 4.90 Å². The third kappa shape index (κ3) is 4.00. The van der Waals surface area contributed by atoms with Crippen molar-refractivity contribution in [3.8, 4) is 5.75 Å². The number of rotatable bonds is 7. The number of amides is 2. The van der Waals surface area contributed by atoms with Crippen molar-refractivity contribution in [3.05, 3.63) is 64.7 Å². The molecular formula is C19H19ClN2O3. The molecule has 2 amide bonds. The van der Waals surface area contributed by atoms with Crippen LogP contribution in [0.2, 0.25) is 5.02 Å². The number of likely N-dealkylation sites (N-methyl/N-ethyl adjacent to an activating group) is 1. The van der Waals surface area contributed by atoms with Crippen LogP contribution in [0.25, 0.3) is 0 Å². The SMILES string of the molecule is CN(CCOc1cccc(Cl)c1)CCN1C(=O)c2ccccc2C1=O. The molecule has 0 radical (unpaired) electrons. The number of hydrogen-bond acceptors (Lipinski definition) is 4. The standard InChI is InChI=1S/C19H19ClN2O3/c1-21(11-12-25-15-6-4-5-14(20)13-15)9-10-22-18(23)16-7-2-3-8-17(16)19(22)24/h2-8,13H,9-12H2,1H3. The van der Waals surface area contributed by atoms with Crippen LogP contribution in [0.5, 0.6) is 5.75 Å². The fraction of sp³-hybridized carbons (Fsp3) is 0.263. The Kier molecular flexibility index (Phi) is 5.36. The van der Waals surface area contributed by atoms with Crippen molar-refractivity contribution in [1.82, 2.24) is 9.80 Å². The first-order valence-electron chi connectivity index (χ1n) is 8.08. The Bertz CT molecular complexity index is 759. The second-order valence-electron chi connectivity index (χ2n) is 5.92. The largest absolute Gasteiger partial charge is 0.492 e. The summed E-state index contributed by atoms with van der Waals surface area (Å²) in [4.78, 5) is 27.9. The Balaban J connectivity index is 1.46. The Hall–Kier alpha value is -2.37. The molecule has 1 aliphatic heterocycles. The maximum Gasteiger partial charge on any atom is 0.261 e. The summed E-state index contributed by atoms with van der Waals surface area (Å²) in [7, 11) is 1.93. The average molecular weight is 359 g/mol. The van der Waals surface area contributed by atoms with E-state index in [-0.39, 0.29) is 11.8 Å². The van der Waals surface area contributed by atoms with Gasteiger partial charge in [-0.1, -0.05) is 29.8 Å². The molecule has 0 aliphatic carbocycles. The smallest absolute Gasteiger partial charge is 0.261 e. The van der Waals surface area contributed by atoms with E-state index in [0.29, 0.717) is 42.4 Å². The molecule has 1 heterocycles. The molecule has 2 aromatic carbocycles. The maximum atomic E-state index is 12.3. The number of halogens is 1. The van der Waals surface area contributed by atoms with Gasteiger partial charge < -0.3 is 9.64 Å². The predicted molar refractivity (Wildman–Crippen MR) is 96.3 cm³/mol. The lowest BCUT2D eigenvalue weighted by molar-refractivity contribution is 0.0639. The van der Waals surface area contributed by atoms with Gasteiger partial charge in [0.2, 0.25) is 0 Å². The van der Waals surface area contributed by atoms with Crippen molar-refractivity contribution < 1.29 is 14.3 Å². The summed E-state index contributed by atoms with van der Waals surface area (Å²) in [5.74, 6) is 0.287. The van der Waals surface area contributed by atoms with Crippen LogP contribution in [0, 0.1) is 0 Å². The fourth-order valence-electron chi connectivity index (χ4n) is 2.70. The van der Waals surface area contributed by atoms with Crippen LogP contribution in [0.1, 0.15) is 20.7 Å². The summed E-state index contributed by atoms with van der Waals surface area (Å²) in [5, 5.41) is 0.636. The van der Waals surface area contributed by atoms with Crippen LogP contribution in [0.4, 0.5) is 0 Å². The van der Waals surface area contributed by atoms with Crippen LogP contribution in [-0.4, -0.2) is 54.9 Å². The zero-order chi connectivity index (χ0) is 17.8. The summed E-state index contributed by atoms with van der Waals surface area (Å²) in [6, 6.07) is 14.2. The number of carbonyl (C=O) groups excluding carboxylic acids is 2. The Morgan fingerprint density at radius 2 is 1.68 bits per heavy atom. The van der Waals surface area contributed by atoms with E-state index in [0.717, 1.165) is 5.75 Å². The summed E-state index contributed by atoms with van der Waals surface area (Å²) < 4.78 is 5.65. The minimum absolute atomic E-state index is 0.218. The fourth-order valence-corrected chi connectivity index (χ4v) is 2.88. The molecule has 0 N–H and O–H groups in total. The molecule has 0 saturated carbocycles. The van der Waals surface area contributed by atoms with Gasteiger partial charge in [-0.15, -0.1) is 0 Å². The first kappa shape index (κ1) is 17.5. The number of benzene rings is 2. The molecule has 0 aromatic heterocycles. The third-order valence-corrected chi connectivity index (χ3v) is 4.36. The summed E-state index contributed by atoms with van der Waals surface area (Å²) in [6.45, 7) is 2.12. The molecule has 0 fully saturated rings. The maximum absolute atomic E-state index is 12.3. The minimum Gasteiger partial charge on any atom is -0.492 e. The first-order valence-corrected chi connectivity index (χ1v) is 8.46. The van der Waals surface area contributed by atoms with Gasteiger partial charge in [0.1, 0.15) is 12.4 Å². The molecule has 25 heavy (non-hydrogen) atoms. The quantitative estimate of drug-likeness (QED) is 0.714.